The SMILES string of the molecule is Cc1cc(OCCCC(=O)O[C@H](C)C(=O)Nc2ccccc2)ccc1Cl. The summed E-state index contributed by atoms with van der Waals surface area (Å²) in [5, 5.41) is 3.38. The smallest absolute Gasteiger partial charge is 0.306 e. The molecular formula is C20H22ClNO4. The number of hydrogen-bond donors (Lipinski definition) is 1. The molecule has 5 nitrogen and oxygen atoms in total. The molecule has 0 heterocycles. The number of ether oxygens (including phenoxy) is 2. The second-order valence-corrected chi connectivity index (χ2v) is 6.26. The standard InChI is InChI=1S/C20H22ClNO4/c1-14-13-17(10-11-18(14)21)25-12-6-9-19(23)26-15(2)20(24)22-16-7-4-3-5-8-16/h3-5,7-8,10-11,13,15H,6,9,12H2,1-2H3,(H,22,24)/t15-/m1/s1. The van der Waals surface area contributed by atoms with Crippen molar-refractivity contribution in [2.75, 3.05) is 11.9 Å². The molecule has 0 radical (unpaired) electrons. The molecule has 0 aromatic heterocycles. The average Bonchev–Trinajstić information content (AvgIpc) is 2.62. The van der Waals surface area contributed by atoms with Crippen LogP contribution in [-0.2, 0) is 14.3 Å². The first-order valence-electron chi connectivity index (χ1n) is 8.40. The number of hydrogen-bond acceptors (Lipinski definition) is 4. The third-order valence-electron chi connectivity index (χ3n) is 3.64. The van der Waals surface area contributed by atoms with Crippen molar-refractivity contribution in [3.05, 3.63) is 59.1 Å². The Labute approximate surface area is 158 Å². The number of carbonyl (C=O) groups excluding carboxylic acids is 2. The van der Waals surface area contributed by atoms with Crippen LogP contribution in [0.2, 0.25) is 5.02 Å². The van der Waals surface area contributed by atoms with Crippen molar-refractivity contribution < 1.29 is 19.1 Å². The molecule has 2 aromatic rings. The van der Waals surface area contributed by atoms with Crippen molar-refractivity contribution in [2.24, 2.45) is 0 Å². The molecule has 0 aliphatic rings. The van der Waals surface area contributed by atoms with E-state index in [2.05, 4.69) is 5.32 Å². The van der Waals surface area contributed by atoms with Crippen molar-refractivity contribution in [3.63, 3.8) is 0 Å². The Morgan fingerprint density at radius 1 is 1.15 bits per heavy atom. The molecule has 0 saturated carbocycles. The van der Waals surface area contributed by atoms with Crippen LogP contribution in [0.3, 0.4) is 0 Å². The zero-order valence-corrected chi connectivity index (χ0v) is 15.6. The Morgan fingerprint density at radius 2 is 1.88 bits per heavy atom. The Hall–Kier alpha value is -2.53. The molecule has 1 atom stereocenters. The van der Waals surface area contributed by atoms with E-state index in [0.717, 1.165) is 5.56 Å². The van der Waals surface area contributed by atoms with E-state index in [4.69, 9.17) is 21.1 Å². The van der Waals surface area contributed by atoms with Crippen LogP contribution >= 0.6 is 11.6 Å². The van der Waals surface area contributed by atoms with E-state index >= 15 is 0 Å². The second kappa shape index (κ2) is 9.82. The number of esters is 1. The van der Waals surface area contributed by atoms with Crippen LogP contribution in [0.1, 0.15) is 25.3 Å². The molecule has 0 spiro atoms. The van der Waals surface area contributed by atoms with Crippen LogP contribution in [-0.4, -0.2) is 24.6 Å². The molecule has 0 fully saturated rings. The van der Waals surface area contributed by atoms with E-state index in [-0.39, 0.29) is 12.3 Å². The van der Waals surface area contributed by atoms with E-state index in [1.54, 1.807) is 31.2 Å². The summed E-state index contributed by atoms with van der Waals surface area (Å²) in [6, 6.07) is 14.4. The molecule has 0 saturated heterocycles. The maximum atomic E-state index is 12.0. The molecule has 0 aliphatic heterocycles. The van der Waals surface area contributed by atoms with Gasteiger partial charge in [0, 0.05) is 17.1 Å². The number of anilines is 1. The van der Waals surface area contributed by atoms with Crippen LogP contribution in [0.25, 0.3) is 0 Å². The van der Waals surface area contributed by atoms with Crippen LogP contribution in [0.4, 0.5) is 5.69 Å². The van der Waals surface area contributed by atoms with Gasteiger partial charge in [0.05, 0.1) is 6.61 Å². The Morgan fingerprint density at radius 3 is 2.58 bits per heavy atom. The lowest BCUT2D eigenvalue weighted by molar-refractivity contribution is -0.153. The van der Waals surface area contributed by atoms with Crippen molar-refractivity contribution in [3.8, 4) is 5.75 Å². The van der Waals surface area contributed by atoms with Crippen LogP contribution in [0.5, 0.6) is 5.75 Å². The van der Waals surface area contributed by atoms with Gasteiger partial charge in [-0.25, -0.2) is 0 Å². The number of nitrogens with one attached hydrogen (secondary N) is 1. The summed E-state index contributed by atoms with van der Waals surface area (Å²) in [6.45, 7) is 3.82. The molecule has 6 heteroatoms. The summed E-state index contributed by atoms with van der Waals surface area (Å²) in [7, 11) is 0. The fraction of sp³-hybridized carbons (Fsp3) is 0.300. The number of benzene rings is 2. The lowest BCUT2D eigenvalue weighted by Gasteiger charge is -2.13. The number of para-hydroxylation sites is 1. The molecule has 2 aromatic carbocycles. The predicted molar refractivity (Wildman–Crippen MR) is 102 cm³/mol. The topological polar surface area (TPSA) is 64.6 Å². The van der Waals surface area contributed by atoms with Crippen LogP contribution in [0.15, 0.2) is 48.5 Å². The number of amides is 1. The zero-order chi connectivity index (χ0) is 18.9. The van der Waals surface area contributed by atoms with Crippen LogP contribution in [0, 0.1) is 6.92 Å². The highest BCUT2D eigenvalue weighted by molar-refractivity contribution is 6.31. The number of rotatable bonds is 8. The summed E-state index contributed by atoms with van der Waals surface area (Å²) in [6.07, 6.45) is -0.189. The maximum Gasteiger partial charge on any atom is 0.306 e. The van der Waals surface area contributed by atoms with Crippen molar-refractivity contribution in [1.82, 2.24) is 0 Å². The minimum absolute atomic E-state index is 0.176. The van der Waals surface area contributed by atoms with Gasteiger partial charge in [-0.3, -0.25) is 9.59 Å². The Bertz CT molecular complexity index is 749. The fourth-order valence-corrected chi connectivity index (χ4v) is 2.31. The van der Waals surface area contributed by atoms with Crippen molar-refractivity contribution >= 4 is 29.2 Å². The van der Waals surface area contributed by atoms with E-state index in [9.17, 15) is 9.59 Å². The van der Waals surface area contributed by atoms with E-state index in [0.29, 0.717) is 29.5 Å². The summed E-state index contributed by atoms with van der Waals surface area (Å²) in [4.78, 5) is 23.8. The van der Waals surface area contributed by atoms with Gasteiger partial charge < -0.3 is 14.8 Å². The molecule has 2 rings (SSSR count). The van der Waals surface area contributed by atoms with Gasteiger partial charge in [-0.2, -0.15) is 0 Å². The highest BCUT2D eigenvalue weighted by Crippen LogP contribution is 2.21. The van der Waals surface area contributed by atoms with Crippen molar-refractivity contribution in [1.29, 1.82) is 0 Å². The van der Waals surface area contributed by atoms with E-state index < -0.39 is 12.1 Å². The van der Waals surface area contributed by atoms with Gasteiger partial charge in [0.2, 0.25) is 0 Å². The van der Waals surface area contributed by atoms with Gasteiger partial charge in [0.15, 0.2) is 6.10 Å². The molecular weight excluding hydrogens is 354 g/mol. The number of halogens is 1. The molecule has 1 N–H and O–H groups in total. The normalized spacial score (nSPS) is 11.5. The van der Waals surface area contributed by atoms with Gasteiger partial charge in [-0.1, -0.05) is 29.8 Å². The van der Waals surface area contributed by atoms with Crippen molar-refractivity contribution in [2.45, 2.75) is 32.8 Å². The summed E-state index contributed by atoms with van der Waals surface area (Å²) in [5.41, 5.74) is 1.59. The second-order valence-electron chi connectivity index (χ2n) is 5.85. The molecule has 138 valence electrons. The lowest BCUT2D eigenvalue weighted by Crippen LogP contribution is -2.30. The fourth-order valence-electron chi connectivity index (χ4n) is 2.19. The van der Waals surface area contributed by atoms with Crippen LogP contribution < -0.4 is 10.1 Å². The Kier molecular flexibility index (Phi) is 7.48. The minimum Gasteiger partial charge on any atom is -0.494 e. The first-order chi connectivity index (χ1) is 12.5. The number of aryl methyl sites for hydroxylation is 1. The third kappa shape index (κ3) is 6.41. The van der Waals surface area contributed by atoms with Gasteiger partial charge in [-0.15, -0.1) is 0 Å². The number of carbonyl (C=O) groups is 2. The summed E-state index contributed by atoms with van der Waals surface area (Å²) >= 11 is 5.96. The minimum atomic E-state index is -0.859. The quantitative estimate of drug-likeness (QED) is 0.549. The van der Waals surface area contributed by atoms with Gasteiger partial charge >= 0.3 is 5.97 Å². The molecule has 0 bridgehead atoms. The van der Waals surface area contributed by atoms with E-state index in [1.807, 2.05) is 31.2 Å². The molecule has 1 amide bonds. The maximum absolute atomic E-state index is 12.0. The summed E-state index contributed by atoms with van der Waals surface area (Å²) < 4.78 is 10.7. The zero-order valence-electron chi connectivity index (χ0n) is 14.8. The third-order valence-corrected chi connectivity index (χ3v) is 4.07. The lowest BCUT2D eigenvalue weighted by atomic mass is 10.2. The molecule has 0 aliphatic carbocycles. The van der Waals surface area contributed by atoms with E-state index in [1.165, 1.54) is 0 Å². The first-order valence-corrected chi connectivity index (χ1v) is 8.78. The highest BCUT2D eigenvalue weighted by Gasteiger charge is 2.17. The average molecular weight is 376 g/mol. The predicted octanol–water partition coefficient (Wildman–Crippen LogP) is 4.38. The van der Waals surface area contributed by atoms with Gasteiger partial charge in [0.25, 0.3) is 5.91 Å². The summed E-state index contributed by atoms with van der Waals surface area (Å²) in [5.74, 6) is -0.0927. The van der Waals surface area contributed by atoms with Gasteiger partial charge in [0.1, 0.15) is 5.75 Å². The monoisotopic (exact) mass is 375 g/mol. The highest BCUT2D eigenvalue weighted by atomic mass is 35.5. The largest absolute Gasteiger partial charge is 0.494 e. The first kappa shape index (κ1) is 19.8. The Balaban J connectivity index is 1.67. The molecule has 26 heavy (non-hydrogen) atoms. The van der Waals surface area contributed by atoms with Gasteiger partial charge in [-0.05, 0) is 56.2 Å². The molecule has 0 unspecified atom stereocenters.